The van der Waals surface area contributed by atoms with Gasteiger partial charge in [-0.05, 0) is 62.7 Å². The molecule has 0 aliphatic rings. The second-order valence-corrected chi connectivity index (χ2v) is 6.75. The largest absolute Gasteiger partial charge is 0.319 e. The Morgan fingerprint density at radius 2 is 2.00 bits per heavy atom. The summed E-state index contributed by atoms with van der Waals surface area (Å²) in [6.45, 7) is 10.0. The van der Waals surface area contributed by atoms with E-state index in [4.69, 9.17) is 0 Å². The maximum atomic E-state index is 3.56. The molecule has 0 radical (unpaired) electrons. The van der Waals surface area contributed by atoms with Gasteiger partial charge in [-0.25, -0.2) is 0 Å². The summed E-state index contributed by atoms with van der Waals surface area (Å²) in [5, 5.41) is 3.30. The number of rotatable bonds is 7. The predicted octanol–water partition coefficient (Wildman–Crippen LogP) is 3.68. The third kappa shape index (κ3) is 5.64. The molecule has 0 aliphatic heterocycles. The lowest BCUT2D eigenvalue weighted by molar-refractivity contribution is 0.227. The van der Waals surface area contributed by atoms with E-state index in [9.17, 15) is 0 Å². The molecule has 108 valence electrons. The van der Waals surface area contributed by atoms with Gasteiger partial charge >= 0.3 is 0 Å². The van der Waals surface area contributed by atoms with Crippen molar-refractivity contribution < 1.29 is 0 Å². The van der Waals surface area contributed by atoms with Gasteiger partial charge in [0.1, 0.15) is 0 Å². The average molecular weight is 327 g/mol. The van der Waals surface area contributed by atoms with Gasteiger partial charge in [0.15, 0.2) is 0 Å². The molecule has 1 unspecified atom stereocenters. The molecule has 2 nitrogen and oxygen atoms in total. The summed E-state index contributed by atoms with van der Waals surface area (Å²) in [4.78, 5) is 2.43. The van der Waals surface area contributed by atoms with Gasteiger partial charge in [-0.2, -0.15) is 0 Å². The number of hydrogen-bond donors (Lipinski definition) is 1. The molecular weight excluding hydrogens is 300 g/mol. The second kappa shape index (κ2) is 8.03. The molecular formula is C16H27BrN2. The molecule has 1 aromatic rings. The minimum atomic E-state index is 0.697. The number of nitrogens with zero attached hydrogens (tertiary/aromatic N) is 1. The SMILES string of the molecule is CNCC(CN(C)Cc1cc(Br)ccc1C)C(C)C. The molecule has 1 atom stereocenters. The maximum absolute atomic E-state index is 3.56. The Bertz CT molecular complexity index is 390. The lowest BCUT2D eigenvalue weighted by Gasteiger charge is -2.27. The van der Waals surface area contributed by atoms with Gasteiger partial charge < -0.3 is 10.2 Å². The molecule has 1 N–H and O–H groups in total. The second-order valence-electron chi connectivity index (χ2n) is 5.83. The van der Waals surface area contributed by atoms with E-state index in [1.165, 1.54) is 11.1 Å². The monoisotopic (exact) mass is 326 g/mol. The van der Waals surface area contributed by atoms with Crippen LogP contribution in [0.5, 0.6) is 0 Å². The van der Waals surface area contributed by atoms with Crippen LogP contribution < -0.4 is 5.32 Å². The normalized spacial score (nSPS) is 13.3. The van der Waals surface area contributed by atoms with Crippen molar-refractivity contribution in [3.8, 4) is 0 Å². The average Bonchev–Trinajstić information content (AvgIpc) is 2.33. The topological polar surface area (TPSA) is 15.3 Å². The molecule has 0 fully saturated rings. The summed E-state index contributed by atoms with van der Waals surface area (Å²) >= 11 is 3.56. The highest BCUT2D eigenvalue weighted by Crippen LogP contribution is 2.18. The third-order valence-electron chi connectivity index (χ3n) is 3.71. The summed E-state index contributed by atoms with van der Waals surface area (Å²) in [7, 11) is 4.25. The van der Waals surface area contributed by atoms with Crippen molar-refractivity contribution >= 4 is 15.9 Å². The van der Waals surface area contributed by atoms with Crippen LogP contribution in [0.15, 0.2) is 22.7 Å². The number of benzene rings is 1. The highest BCUT2D eigenvalue weighted by Gasteiger charge is 2.15. The molecule has 0 saturated heterocycles. The molecule has 0 aromatic heterocycles. The van der Waals surface area contributed by atoms with E-state index in [1.807, 2.05) is 7.05 Å². The molecule has 1 rings (SSSR count). The minimum absolute atomic E-state index is 0.697. The van der Waals surface area contributed by atoms with E-state index in [-0.39, 0.29) is 0 Å². The summed E-state index contributed by atoms with van der Waals surface area (Å²) < 4.78 is 1.16. The van der Waals surface area contributed by atoms with Crippen LogP contribution in [0.4, 0.5) is 0 Å². The molecule has 0 saturated carbocycles. The highest BCUT2D eigenvalue weighted by molar-refractivity contribution is 9.10. The first-order chi connectivity index (χ1) is 8.93. The first-order valence-corrected chi connectivity index (χ1v) is 7.81. The first-order valence-electron chi connectivity index (χ1n) is 7.02. The molecule has 0 aliphatic carbocycles. The molecule has 0 amide bonds. The van der Waals surface area contributed by atoms with Gasteiger partial charge in [-0.1, -0.05) is 35.8 Å². The lowest BCUT2D eigenvalue weighted by Crippen LogP contribution is -2.34. The summed E-state index contributed by atoms with van der Waals surface area (Å²) in [6.07, 6.45) is 0. The Balaban J connectivity index is 2.63. The fourth-order valence-electron chi connectivity index (χ4n) is 2.34. The molecule has 0 spiro atoms. The van der Waals surface area contributed by atoms with Crippen molar-refractivity contribution in [2.45, 2.75) is 27.3 Å². The maximum Gasteiger partial charge on any atom is 0.0233 e. The van der Waals surface area contributed by atoms with Crippen LogP contribution in [0.3, 0.4) is 0 Å². The Labute approximate surface area is 126 Å². The zero-order valence-electron chi connectivity index (χ0n) is 12.8. The summed E-state index contributed by atoms with van der Waals surface area (Å²) in [6, 6.07) is 6.52. The molecule has 1 aromatic carbocycles. The Hall–Kier alpha value is -0.380. The van der Waals surface area contributed by atoms with E-state index in [0.29, 0.717) is 11.8 Å². The fourth-order valence-corrected chi connectivity index (χ4v) is 2.75. The van der Waals surface area contributed by atoms with Gasteiger partial charge in [0, 0.05) is 17.6 Å². The van der Waals surface area contributed by atoms with Crippen LogP contribution in [0, 0.1) is 18.8 Å². The van der Waals surface area contributed by atoms with Crippen LogP contribution in [0.2, 0.25) is 0 Å². The third-order valence-corrected chi connectivity index (χ3v) is 4.20. The van der Waals surface area contributed by atoms with Crippen molar-refractivity contribution in [2.75, 3.05) is 27.2 Å². The number of aryl methyl sites for hydroxylation is 1. The zero-order valence-corrected chi connectivity index (χ0v) is 14.4. The van der Waals surface area contributed by atoms with Crippen molar-refractivity contribution in [3.63, 3.8) is 0 Å². The van der Waals surface area contributed by atoms with Gasteiger partial charge in [0.05, 0.1) is 0 Å². The van der Waals surface area contributed by atoms with Crippen LogP contribution in [0.1, 0.15) is 25.0 Å². The fraction of sp³-hybridized carbons (Fsp3) is 0.625. The van der Waals surface area contributed by atoms with Crippen molar-refractivity contribution in [1.29, 1.82) is 0 Å². The highest BCUT2D eigenvalue weighted by atomic mass is 79.9. The zero-order chi connectivity index (χ0) is 14.4. The lowest BCUT2D eigenvalue weighted by atomic mass is 9.95. The number of halogens is 1. The van der Waals surface area contributed by atoms with Crippen LogP contribution in [-0.2, 0) is 6.54 Å². The minimum Gasteiger partial charge on any atom is -0.319 e. The summed E-state index contributed by atoms with van der Waals surface area (Å²) in [5.74, 6) is 1.40. The Morgan fingerprint density at radius 1 is 1.32 bits per heavy atom. The quantitative estimate of drug-likeness (QED) is 0.822. The van der Waals surface area contributed by atoms with Gasteiger partial charge in [-0.3, -0.25) is 0 Å². The van der Waals surface area contributed by atoms with E-state index >= 15 is 0 Å². The molecule has 0 bridgehead atoms. The molecule has 19 heavy (non-hydrogen) atoms. The standard InChI is InChI=1S/C16H27BrN2/c1-12(2)15(9-18-4)11-19(5)10-14-8-16(17)7-6-13(14)3/h6-8,12,15,18H,9-11H2,1-5H3. The Kier molecular flexibility index (Phi) is 7.05. The van der Waals surface area contributed by atoms with E-state index in [1.54, 1.807) is 0 Å². The number of hydrogen-bond acceptors (Lipinski definition) is 2. The first kappa shape index (κ1) is 16.7. The Morgan fingerprint density at radius 3 is 2.58 bits per heavy atom. The van der Waals surface area contributed by atoms with E-state index in [0.717, 1.165) is 24.1 Å². The van der Waals surface area contributed by atoms with Gasteiger partial charge in [0.25, 0.3) is 0 Å². The predicted molar refractivity (Wildman–Crippen MR) is 87.5 cm³/mol. The van der Waals surface area contributed by atoms with Crippen molar-refractivity contribution in [1.82, 2.24) is 10.2 Å². The molecule has 3 heteroatoms. The van der Waals surface area contributed by atoms with Crippen molar-refractivity contribution in [3.05, 3.63) is 33.8 Å². The summed E-state index contributed by atoms with van der Waals surface area (Å²) in [5.41, 5.74) is 2.77. The van der Waals surface area contributed by atoms with Gasteiger partial charge in [0.2, 0.25) is 0 Å². The van der Waals surface area contributed by atoms with E-state index in [2.05, 4.69) is 72.2 Å². The number of nitrogens with one attached hydrogen (secondary N) is 1. The van der Waals surface area contributed by atoms with E-state index < -0.39 is 0 Å². The van der Waals surface area contributed by atoms with Gasteiger partial charge in [-0.15, -0.1) is 0 Å². The molecule has 0 heterocycles. The van der Waals surface area contributed by atoms with Crippen LogP contribution in [-0.4, -0.2) is 32.1 Å². The van der Waals surface area contributed by atoms with Crippen LogP contribution >= 0.6 is 15.9 Å². The van der Waals surface area contributed by atoms with Crippen LogP contribution in [0.25, 0.3) is 0 Å². The van der Waals surface area contributed by atoms with Crippen molar-refractivity contribution in [2.24, 2.45) is 11.8 Å². The smallest absolute Gasteiger partial charge is 0.0233 e.